The molecule has 1 unspecified atom stereocenters. The van der Waals surface area contributed by atoms with Gasteiger partial charge in [0.25, 0.3) is 0 Å². The second-order valence-corrected chi connectivity index (χ2v) is 21.7. The molecule has 1 atom stereocenters. The van der Waals surface area contributed by atoms with Crippen LogP contribution in [-0.2, 0) is 28.6 Å². The summed E-state index contributed by atoms with van der Waals surface area (Å²) in [6.07, 6.45) is 77.8. The number of ether oxygens (including phenoxy) is 3. The SMILES string of the molecule is CC/C=C\C/C=C\C/C=C\C/C=C\CCC(=O)OC(COC(=O)CCCCCCCCC)COC(=O)CCCCCCCCCCCCCCCCCCCCCCCCCCCCCCCCCCCCC. The Bertz CT molecular complexity index is 1270. The summed E-state index contributed by atoms with van der Waals surface area (Å²) < 4.78 is 16.7. The van der Waals surface area contributed by atoms with Crippen LogP contribution in [0.1, 0.15) is 342 Å². The maximum atomic E-state index is 12.7. The van der Waals surface area contributed by atoms with Crippen LogP contribution in [0.25, 0.3) is 0 Å². The van der Waals surface area contributed by atoms with Gasteiger partial charge in [0.1, 0.15) is 13.2 Å². The highest BCUT2D eigenvalue weighted by molar-refractivity contribution is 5.71. The average Bonchev–Trinajstić information content (AvgIpc) is 3.39. The summed E-state index contributed by atoms with van der Waals surface area (Å²) in [6, 6.07) is 0. The van der Waals surface area contributed by atoms with Gasteiger partial charge in [-0.2, -0.15) is 0 Å². The smallest absolute Gasteiger partial charge is 0.306 e. The highest BCUT2D eigenvalue weighted by atomic mass is 16.6. The number of esters is 3. The van der Waals surface area contributed by atoms with E-state index in [0.717, 1.165) is 64.2 Å². The first kappa shape index (κ1) is 70.4. The first-order chi connectivity index (χ1) is 36.0. The minimum absolute atomic E-state index is 0.0983. The van der Waals surface area contributed by atoms with E-state index in [1.807, 2.05) is 6.08 Å². The highest BCUT2D eigenvalue weighted by Gasteiger charge is 2.19. The minimum atomic E-state index is -0.806. The zero-order valence-corrected chi connectivity index (χ0v) is 48.9. The molecule has 0 aromatic carbocycles. The molecule has 0 aromatic rings. The summed E-state index contributed by atoms with van der Waals surface area (Å²) in [4.78, 5) is 37.9. The predicted octanol–water partition coefficient (Wildman–Crippen LogP) is 21.8. The first-order valence-electron chi connectivity index (χ1n) is 32.1. The lowest BCUT2D eigenvalue weighted by Gasteiger charge is -2.18. The number of allylic oxidation sites excluding steroid dienone is 8. The maximum absolute atomic E-state index is 12.7. The Morgan fingerprint density at radius 3 is 0.808 bits per heavy atom. The number of rotatable bonds is 59. The summed E-state index contributed by atoms with van der Waals surface area (Å²) >= 11 is 0. The summed E-state index contributed by atoms with van der Waals surface area (Å²) in [5.41, 5.74) is 0. The Hall–Kier alpha value is -2.63. The van der Waals surface area contributed by atoms with Crippen LogP contribution in [0.3, 0.4) is 0 Å². The highest BCUT2D eigenvalue weighted by Crippen LogP contribution is 2.18. The van der Waals surface area contributed by atoms with Crippen molar-refractivity contribution in [3.8, 4) is 0 Å². The standard InChI is InChI=1S/C67H122O6/c1-4-7-10-13-16-18-20-22-23-24-25-26-27-28-29-30-31-32-33-34-35-36-37-38-39-40-41-42-43-45-46-48-51-54-57-60-66(69)72-63-64(62-71-65(68)59-56-53-50-15-12-9-6-3)73-67(70)61-58-55-52-49-47-44-21-19-17-14-11-8-5-2/h8,11,17,19,44,47,52,55,64H,4-7,9-10,12-16,18,20-43,45-46,48-51,53-54,56-63H2,1-3H3/b11-8-,19-17-,47-44-,55-52-. The van der Waals surface area contributed by atoms with E-state index in [9.17, 15) is 14.4 Å². The maximum Gasteiger partial charge on any atom is 0.306 e. The number of hydrogen-bond donors (Lipinski definition) is 0. The Kier molecular flexibility index (Phi) is 59.7. The van der Waals surface area contributed by atoms with E-state index in [0.29, 0.717) is 19.3 Å². The minimum Gasteiger partial charge on any atom is -0.462 e. The lowest BCUT2D eigenvalue weighted by molar-refractivity contribution is -0.166. The monoisotopic (exact) mass is 1020 g/mol. The largest absolute Gasteiger partial charge is 0.462 e. The van der Waals surface area contributed by atoms with E-state index in [4.69, 9.17) is 14.2 Å². The number of carbonyl (C=O) groups is 3. The number of carbonyl (C=O) groups excluding carboxylic acids is 3. The van der Waals surface area contributed by atoms with Gasteiger partial charge in [0.2, 0.25) is 0 Å². The molecule has 0 amide bonds. The van der Waals surface area contributed by atoms with Gasteiger partial charge in [-0.05, 0) is 44.9 Å². The molecule has 6 nitrogen and oxygen atoms in total. The molecule has 0 heterocycles. The molecule has 0 N–H and O–H groups in total. The lowest BCUT2D eigenvalue weighted by atomic mass is 10.0. The fourth-order valence-electron chi connectivity index (χ4n) is 9.58. The van der Waals surface area contributed by atoms with Gasteiger partial charge in [-0.1, -0.05) is 326 Å². The summed E-state index contributed by atoms with van der Waals surface area (Å²) in [5.74, 6) is -0.975. The van der Waals surface area contributed by atoms with Gasteiger partial charge in [-0.15, -0.1) is 0 Å². The van der Waals surface area contributed by atoms with Gasteiger partial charge in [0.05, 0.1) is 0 Å². The van der Waals surface area contributed by atoms with Crippen LogP contribution in [0.5, 0.6) is 0 Å². The molecule has 0 bridgehead atoms. The van der Waals surface area contributed by atoms with Crippen LogP contribution in [0.4, 0.5) is 0 Å². The van der Waals surface area contributed by atoms with Crippen molar-refractivity contribution in [2.75, 3.05) is 13.2 Å². The van der Waals surface area contributed by atoms with Gasteiger partial charge in [0, 0.05) is 19.3 Å². The molecular formula is C67H122O6. The van der Waals surface area contributed by atoms with Crippen molar-refractivity contribution < 1.29 is 28.6 Å². The lowest BCUT2D eigenvalue weighted by Crippen LogP contribution is -2.30. The van der Waals surface area contributed by atoms with Crippen molar-refractivity contribution in [3.05, 3.63) is 48.6 Å². The number of unbranched alkanes of at least 4 members (excludes halogenated alkanes) is 40. The van der Waals surface area contributed by atoms with Crippen LogP contribution in [0.15, 0.2) is 48.6 Å². The third-order valence-electron chi connectivity index (χ3n) is 14.4. The second-order valence-electron chi connectivity index (χ2n) is 21.7. The second kappa shape index (κ2) is 61.9. The predicted molar refractivity (Wildman–Crippen MR) is 316 cm³/mol. The fourth-order valence-corrected chi connectivity index (χ4v) is 9.58. The third-order valence-corrected chi connectivity index (χ3v) is 14.4. The zero-order chi connectivity index (χ0) is 52.9. The van der Waals surface area contributed by atoms with Crippen LogP contribution in [-0.4, -0.2) is 37.2 Å². The molecule has 0 rings (SSSR count). The van der Waals surface area contributed by atoms with Crippen LogP contribution in [0.2, 0.25) is 0 Å². The van der Waals surface area contributed by atoms with Gasteiger partial charge in [-0.25, -0.2) is 0 Å². The van der Waals surface area contributed by atoms with Gasteiger partial charge >= 0.3 is 17.9 Å². The summed E-state index contributed by atoms with van der Waals surface area (Å²) in [6.45, 7) is 6.45. The first-order valence-corrected chi connectivity index (χ1v) is 32.1. The molecular weight excluding hydrogens is 901 g/mol. The molecule has 0 fully saturated rings. The third kappa shape index (κ3) is 60.1. The van der Waals surface area contributed by atoms with Crippen LogP contribution >= 0.6 is 0 Å². The molecule has 73 heavy (non-hydrogen) atoms. The summed E-state index contributed by atoms with van der Waals surface area (Å²) in [7, 11) is 0. The fraction of sp³-hybridized carbons (Fsp3) is 0.836. The Labute approximate surface area is 454 Å². The molecule has 0 aromatic heterocycles. The molecule has 0 aliphatic carbocycles. The van der Waals surface area contributed by atoms with E-state index in [1.165, 1.54) is 231 Å². The Morgan fingerprint density at radius 1 is 0.288 bits per heavy atom. The van der Waals surface area contributed by atoms with Crippen molar-refractivity contribution in [1.29, 1.82) is 0 Å². The van der Waals surface area contributed by atoms with Crippen molar-refractivity contribution >= 4 is 17.9 Å². The van der Waals surface area contributed by atoms with Crippen molar-refractivity contribution in [1.82, 2.24) is 0 Å². The molecule has 0 radical (unpaired) electrons. The zero-order valence-electron chi connectivity index (χ0n) is 48.9. The van der Waals surface area contributed by atoms with E-state index < -0.39 is 6.10 Å². The molecule has 426 valence electrons. The molecule has 0 aliphatic heterocycles. The van der Waals surface area contributed by atoms with Crippen LogP contribution < -0.4 is 0 Å². The van der Waals surface area contributed by atoms with Crippen molar-refractivity contribution in [2.45, 2.75) is 348 Å². The van der Waals surface area contributed by atoms with E-state index in [-0.39, 0.29) is 37.5 Å². The van der Waals surface area contributed by atoms with E-state index in [2.05, 4.69) is 63.3 Å². The van der Waals surface area contributed by atoms with Crippen LogP contribution in [0, 0.1) is 0 Å². The van der Waals surface area contributed by atoms with Crippen molar-refractivity contribution in [2.24, 2.45) is 0 Å². The van der Waals surface area contributed by atoms with Gasteiger partial charge in [-0.3, -0.25) is 14.4 Å². The molecule has 0 spiro atoms. The Morgan fingerprint density at radius 2 is 0.534 bits per heavy atom. The topological polar surface area (TPSA) is 78.9 Å². The van der Waals surface area contributed by atoms with Gasteiger partial charge in [0.15, 0.2) is 6.10 Å². The molecule has 6 heteroatoms. The molecule has 0 aliphatic rings. The van der Waals surface area contributed by atoms with Crippen molar-refractivity contribution in [3.63, 3.8) is 0 Å². The average molecular weight is 1020 g/mol. The quantitative estimate of drug-likeness (QED) is 0.0261. The Balaban J connectivity index is 3.90. The number of hydrogen-bond acceptors (Lipinski definition) is 6. The van der Waals surface area contributed by atoms with Gasteiger partial charge < -0.3 is 14.2 Å². The van der Waals surface area contributed by atoms with E-state index >= 15 is 0 Å². The molecule has 0 saturated heterocycles. The molecule has 0 saturated carbocycles. The van der Waals surface area contributed by atoms with E-state index in [1.54, 1.807) is 0 Å². The summed E-state index contributed by atoms with van der Waals surface area (Å²) in [5, 5.41) is 0. The normalized spacial score (nSPS) is 12.3.